The average Bonchev–Trinajstić information content (AvgIpc) is 3.36. The lowest BCUT2D eigenvalue weighted by Gasteiger charge is -2.40. The van der Waals surface area contributed by atoms with Crippen LogP contribution in [0, 0.1) is 5.41 Å². The number of imidazole rings is 1. The molecule has 3 rings (SSSR count). The summed E-state index contributed by atoms with van der Waals surface area (Å²) in [6, 6.07) is 0. The summed E-state index contributed by atoms with van der Waals surface area (Å²) in [7, 11) is -2.79. The van der Waals surface area contributed by atoms with Gasteiger partial charge in [0.1, 0.15) is 17.7 Å². The summed E-state index contributed by atoms with van der Waals surface area (Å²) < 4.78 is 27.9. The highest BCUT2D eigenvalue weighted by Gasteiger charge is 2.52. The lowest BCUT2D eigenvalue weighted by atomic mass is 9.88. The van der Waals surface area contributed by atoms with Crippen molar-refractivity contribution < 1.29 is 34.0 Å². The van der Waals surface area contributed by atoms with Crippen LogP contribution in [0.5, 0.6) is 0 Å². The molecule has 12 nitrogen and oxygen atoms in total. The van der Waals surface area contributed by atoms with E-state index in [1.165, 1.54) is 21.8 Å². The van der Waals surface area contributed by atoms with Crippen LogP contribution in [-0.4, -0.2) is 68.6 Å². The normalized spacial score (nSPS) is 25.7. The van der Waals surface area contributed by atoms with E-state index in [1.807, 2.05) is 0 Å². The quantitative estimate of drug-likeness (QED) is 0.302. The standard InChI is InChI=1S/C21H36N5O7P/c1-6-20(7-2,33-34(30,31)21(29,8-3)9-4)10-13-15(27)16(28)19(32-13)26-12-23-14-17(22)25(5)11-24-18(14)26/h11-13,15-16,19,22,27-29H,6-10H2,1-5H3,(H,30,31)/t13-,15-,16-,19-/m1/s1. The predicted octanol–water partition coefficient (Wildman–Crippen LogP) is 1.53. The van der Waals surface area contributed by atoms with Crippen LogP contribution in [0.4, 0.5) is 0 Å². The van der Waals surface area contributed by atoms with Gasteiger partial charge in [-0.25, -0.2) is 9.97 Å². The van der Waals surface area contributed by atoms with Gasteiger partial charge in [-0.1, -0.05) is 27.7 Å². The van der Waals surface area contributed by atoms with Crippen LogP contribution in [0.3, 0.4) is 0 Å². The zero-order chi connectivity index (χ0) is 25.5. The number of nitrogens with one attached hydrogen (secondary N) is 1. The molecule has 0 saturated carbocycles. The Morgan fingerprint density at radius 2 is 1.74 bits per heavy atom. The van der Waals surface area contributed by atoms with Crippen molar-refractivity contribution in [3.05, 3.63) is 18.1 Å². The number of nitrogens with zero attached hydrogens (tertiary/aromatic N) is 4. The molecule has 1 saturated heterocycles. The summed E-state index contributed by atoms with van der Waals surface area (Å²) in [6.45, 7) is 6.81. The van der Waals surface area contributed by atoms with Crippen LogP contribution in [-0.2, 0) is 20.9 Å². The topological polar surface area (TPSA) is 176 Å². The van der Waals surface area contributed by atoms with Gasteiger partial charge < -0.3 is 29.5 Å². The first-order chi connectivity index (χ1) is 15.9. The maximum absolute atomic E-state index is 13.1. The van der Waals surface area contributed by atoms with Gasteiger partial charge in [-0.3, -0.25) is 19.1 Å². The first-order valence-electron chi connectivity index (χ1n) is 11.6. The van der Waals surface area contributed by atoms with Gasteiger partial charge in [-0.2, -0.15) is 0 Å². The largest absolute Gasteiger partial charge is 0.388 e. The van der Waals surface area contributed by atoms with Crippen LogP contribution in [0.25, 0.3) is 11.2 Å². The van der Waals surface area contributed by atoms with E-state index in [2.05, 4.69) is 9.97 Å². The Balaban J connectivity index is 1.89. The van der Waals surface area contributed by atoms with Gasteiger partial charge in [0.25, 0.3) is 0 Å². The molecule has 2 aromatic heterocycles. The Morgan fingerprint density at radius 3 is 2.29 bits per heavy atom. The summed E-state index contributed by atoms with van der Waals surface area (Å²) >= 11 is 0. The van der Waals surface area contributed by atoms with E-state index in [-0.39, 0.29) is 24.8 Å². The van der Waals surface area contributed by atoms with Crippen molar-refractivity contribution in [3.8, 4) is 0 Å². The molecule has 5 N–H and O–H groups in total. The maximum Gasteiger partial charge on any atom is 0.359 e. The smallest absolute Gasteiger partial charge is 0.359 e. The third kappa shape index (κ3) is 4.48. The SMILES string of the molecule is CCC(CC)(C[C@H]1O[C@@H](n2cnc3c(=N)n(C)cnc32)[C@H](O)[C@@H]1O)OP(=O)(O)C(O)(CC)CC. The predicted molar refractivity (Wildman–Crippen MR) is 123 cm³/mol. The molecule has 0 amide bonds. The average molecular weight is 502 g/mol. The Morgan fingerprint density at radius 1 is 1.12 bits per heavy atom. The molecule has 0 bridgehead atoms. The van der Waals surface area contributed by atoms with Gasteiger partial charge in [0.05, 0.1) is 24.4 Å². The molecule has 3 heterocycles. The Kier molecular flexibility index (Phi) is 7.74. The van der Waals surface area contributed by atoms with Gasteiger partial charge in [0.15, 0.2) is 22.7 Å². The first-order valence-corrected chi connectivity index (χ1v) is 13.2. The van der Waals surface area contributed by atoms with E-state index in [0.717, 1.165) is 0 Å². The van der Waals surface area contributed by atoms with E-state index in [9.17, 15) is 24.8 Å². The fourth-order valence-electron chi connectivity index (χ4n) is 4.40. The second kappa shape index (κ2) is 9.77. The highest BCUT2D eigenvalue weighted by atomic mass is 31.2. The molecule has 1 aliphatic heterocycles. The lowest BCUT2D eigenvalue weighted by Crippen LogP contribution is -2.42. The van der Waals surface area contributed by atoms with Gasteiger partial charge in [0.2, 0.25) is 0 Å². The summed E-state index contributed by atoms with van der Waals surface area (Å²) in [5, 5.41) is 38.5. The molecule has 0 spiro atoms. The lowest BCUT2D eigenvalue weighted by molar-refractivity contribution is -0.0761. The summed E-state index contributed by atoms with van der Waals surface area (Å²) in [5.74, 6) is 0. The molecule has 0 aromatic carbocycles. The molecular weight excluding hydrogens is 465 g/mol. The fraction of sp³-hybridized carbons (Fsp3) is 0.762. The third-order valence-corrected chi connectivity index (χ3v) is 9.47. The zero-order valence-electron chi connectivity index (χ0n) is 20.2. The molecular formula is C21H36N5O7P. The Hall–Kier alpha value is -1.66. The number of aromatic nitrogens is 4. The third-order valence-electron chi connectivity index (χ3n) is 7.15. The number of hydrogen-bond donors (Lipinski definition) is 5. The summed E-state index contributed by atoms with van der Waals surface area (Å²) in [5.41, 5.74) is -0.404. The minimum absolute atomic E-state index is 0.0154. The molecule has 1 unspecified atom stereocenters. The zero-order valence-corrected chi connectivity index (χ0v) is 21.1. The molecule has 1 aliphatic rings. The van der Waals surface area contributed by atoms with Crippen LogP contribution >= 0.6 is 7.60 Å². The van der Waals surface area contributed by atoms with Gasteiger partial charge in [0, 0.05) is 13.5 Å². The number of hydrogen-bond acceptors (Lipinski definition) is 9. The highest BCUT2D eigenvalue weighted by molar-refractivity contribution is 7.54. The van der Waals surface area contributed by atoms with Crippen molar-refractivity contribution in [2.45, 2.75) is 95.3 Å². The number of aliphatic hydroxyl groups excluding tert-OH is 2. The second-order valence-electron chi connectivity index (χ2n) is 8.97. The summed E-state index contributed by atoms with van der Waals surface area (Å²) in [4.78, 5) is 19.2. The van der Waals surface area contributed by atoms with Crippen LogP contribution in [0.2, 0.25) is 0 Å². The molecule has 5 atom stereocenters. The first kappa shape index (κ1) is 26.9. The Bertz CT molecular complexity index is 1110. The van der Waals surface area contributed by atoms with E-state index in [1.54, 1.807) is 34.7 Å². The van der Waals surface area contributed by atoms with Crippen molar-refractivity contribution in [2.24, 2.45) is 7.05 Å². The minimum atomic E-state index is -4.46. The van der Waals surface area contributed by atoms with E-state index >= 15 is 0 Å². The molecule has 0 aliphatic carbocycles. The number of ether oxygens (including phenoxy) is 1. The molecule has 192 valence electrons. The van der Waals surface area contributed by atoms with Crippen molar-refractivity contribution in [1.82, 2.24) is 19.1 Å². The molecule has 2 aromatic rings. The van der Waals surface area contributed by atoms with E-state index < -0.39 is 43.1 Å². The molecule has 34 heavy (non-hydrogen) atoms. The number of rotatable bonds is 10. The van der Waals surface area contributed by atoms with Crippen LogP contribution in [0.1, 0.15) is 66.0 Å². The van der Waals surface area contributed by atoms with Gasteiger partial charge in [-0.05, 0) is 25.7 Å². The minimum Gasteiger partial charge on any atom is -0.388 e. The fourth-order valence-corrected chi connectivity index (χ4v) is 6.23. The second-order valence-corrected chi connectivity index (χ2v) is 11.0. The Labute approximate surface area is 198 Å². The molecule has 1 fully saturated rings. The van der Waals surface area contributed by atoms with E-state index in [0.29, 0.717) is 24.0 Å². The van der Waals surface area contributed by atoms with Crippen molar-refractivity contribution >= 4 is 18.8 Å². The number of aliphatic hydroxyl groups is 3. The van der Waals surface area contributed by atoms with Gasteiger partial charge in [-0.15, -0.1) is 0 Å². The molecule has 0 radical (unpaired) electrons. The highest BCUT2D eigenvalue weighted by Crippen LogP contribution is 2.61. The number of aryl methyl sites for hydroxylation is 1. The van der Waals surface area contributed by atoms with Crippen molar-refractivity contribution in [1.29, 1.82) is 5.41 Å². The van der Waals surface area contributed by atoms with Crippen LogP contribution < -0.4 is 5.49 Å². The molecule has 13 heteroatoms. The van der Waals surface area contributed by atoms with E-state index in [4.69, 9.17) is 14.7 Å². The maximum atomic E-state index is 13.1. The monoisotopic (exact) mass is 501 g/mol. The van der Waals surface area contributed by atoms with Crippen LogP contribution in [0.15, 0.2) is 12.7 Å². The van der Waals surface area contributed by atoms with Gasteiger partial charge >= 0.3 is 7.60 Å². The number of fused-ring (bicyclic) bond motifs is 1. The summed E-state index contributed by atoms with van der Waals surface area (Å²) in [6.07, 6.45) is -1.01. The van der Waals surface area contributed by atoms with Crippen molar-refractivity contribution in [2.75, 3.05) is 0 Å². The van der Waals surface area contributed by atoms with Crippen molar-refractivity contribution in [3.63, 3.8) is 0 Å².